The highest BCUT2D eigenvalue weighted by molar-refractivity contribution is 6.62. The number of hydrogen-bond acceptors (Lipinski definition) is 5. The average Bonchev–Trinajstić information content (AvgIpc) is 3.35. The van der Waals surface area contributed by atoms with Gasteiger partial charge in [-0.3, -0.25) is 4.79 Å². The van der Waals surface area contributed by atoms with Crippen molar-refractivity contribution in [3.8, 4) is 0 Å². The molecular weight excluding hydrogens is 436 g/mol. The van der Waals surface area contributed by atoms with Crippen LogP contribution in [0.2, 0.25) is 0 Å². The molecule has 0 radical (unpaired) electrons. The van der Waals surface area contributed by atoms with Gasteiger partial charge in [-0.2, -0.15) is 13.2 Å². The van der Waals surface area contributed by atoms with Crippen molar-refractivity contribution >= 4 is 24.3 Å². The first-order valence-corrected chi connectivity index (χ1v) is 11.1. The fraction of sp³-hybridized carbons (Fsp3) is 0.565. The number of anilines is 1. The van der Waals surface area contributed by atoms with E-state index < -0.39 is 29.9 Å². The van der Waals surface area contributed by atoms with Crippen LogP contribution < -0.4 is 10.8 Å². The van der Waals surface area contributed by atoms with Gasteiger partial charge in [0.1, 0.15) is 5.41 Å². The van der Waals surface area contributed by atoms with Crippen LogP contribution in [0, 0.1) is 0 Å². The molecule has 1 aliphatic heterocycles. The number of aromatic nitrogens is 1. The maximum absolute atomic E-state index is 13.3. The van der Waals surface area contributed by atoms with Crippen LogP contribution >= 0.6 is 0 Å². The molecule has 2 aromatic rings. The second kappa shape index (κ2) is 7.87. The molecule has 1 aromatic carbocycles. The third-order valence-corrected chi connectivity index (χ3v) is 7.03. The predicted molar refractivity (Wildman–Crippen MR) is 117 cm³/mol. The van der Waals surface area contributed by atoms with Crippen molar-refractivity contribution in [2.75, 3.05) is 5.32 Å². The minimum absolute atomic E-state index is 0.0163. The van der Waals surface area contributed by atoms with Gasteiger partial charge in [0, 0.05) is 6.07 Å². The Labute approximate surface area is 191 Å². The number of benzene rings is 1. The third kappa shape index (κ3) is 4.30. The molecule has 0 spiro atoms. The Bertz CT molecular complexity index is 1040. The standard InChI is InChI=1S/C23H28BF3N2O4/c1-6-14-11-16(24-32-20(2,3)21(4,5)33-24)8-7-15(14)12-19(30)28-18-13-17(31-29-18)22(9-10-22)23(25,26)27/h7-8,11,13H,6,9-10,12H2,1-5H3,(H,28,29,30). The number of nitrogens with one attached hydrogen (secondary N) is 1. The molecule has 0 bridgehead atoms. The normalized spacial score (nSPS) is 20.7. The molecule has 2 heterocycles. The fourth-order valence-corrected chi connectivity index (χ4v) is 3.99. The number of halogens is 3. The van der Waals surface area contributed by atoms with E-state index in [0.29, 0.717) is 6.42 Å². The number of carbonyl (C=O) groups is 1. The minimum Gasteiger partial charge on any atom is -0.399 e. The third-order valence-electron chi connectivity index (χ3n) is 7.03. The van der Waals surface area contributed by atoms with E-state index in [-0.39, 0.29) is 36.7 Å². The van der Waals surface area contributed by atoms with E-state index in [2.05, 4.69) is 10.5 Å². The molecule has 2 aliphatic rings. The summed E-state index contributed by atoms with van der Waals surface area (Å²) in [5, 5.41) is 6.16. The Morgan fingerprint density at radius 3 is 2.27 bits per heavy atom. The number of amides is 1. The quantitative estimate of drug-likeness (QED) is 0.646. The highest BCUT2D eigenvalue weighted by Gasteiger charge is 2.67. The van der Waals surface area contributed by atoms with Crippen LogP contribution in [0.5, 0.6) is 0 Å². The summed E-state index contributed by atoms with van der Waals surface area (Å²) in [6.45, 7) is 9.94. The summed E-state index contributed by atoms with van der Waals surface area (Å²) >= 11 is 0. The molecule has 2 fully saturated rings. The Hall–Kier alpha value is -2.33. The molecule has 6 nitrogen and oxygen atoms in total. The van der Waals surface area contributed by atoms with Gasteiger partial charge in [-0.05, 0) is 63.5 Å². The Morgan fingerprint density at radius 2 is 1.73 bits per heavy atom. The van der Waals surface area contributed by atoms with E-state index in [0.717, 1.165) is 16.6 Å². The molecule has 33 heavy (non-hydrogen) atoms. The van der Waals surface area contributed by atoms with E-state index in [1.807, 2.05) is 52.8 Å². The smallest absolute Gasteiger partial charge is 0.399 e. The van der Waals surface area contributed by atoms with Crippen LogP contribution in [0.1, 0.15) is 64.3 Å². The first kappa shape index (κ1) is 23.8. The summed E-state index contributed by atoms with van der Waals surface area (Å²) < 4.78 is 56.9. The number of hydrogen-bond donors (Lipinski definition) is 1. The molecule has 1 aliphatic carbocycles. The van der Waals surface area contributed by atoms with Gasteiger partial charge in [0.05, 0.1) is 17.6 Å². The molecule has 1 saturated carbocycles. The summed E-state index contributed by atoms with van der Waals surface area (Å²) in [4.78, 5) is 12.6. The maximum Gasteiger partial charge on any atom is 0.494 e. The largest absolute Gasteiger partial charge is 0.494 e. The van der Waals surface area contributed by atoms with Crippen molar-refractivity contribution in [1.82, 2.24) is 5.16 Å². The Balaban J connectivity index is 1.44. The molecule has 1 amide bonds. The molecule has 10 heteroatoms. The highest BCUT2D eigenvalue weighted by Crippen LogP contribution is 2.59. The van der Waals surface area contributed by atoms with Crippen molar-refractivity contribution in [2.45, 2.75) is 83.1 Å². The summed E-state index contributed by atoms with van der Waals surface area (Å²) in [6, 6.07) is 6.87. The van der Waals surface area contributed by atoms with Crippen LogP contribution in [-0.2, 0) is 32.4 Å². The molecule has 1 saturated heterocycles. The Kier molecular flexibility index (Phi) is 5.68. The lowest BCUT2D eigenvalue weighted by atomic mass is 9.77. The van der Waals surface area contributed by atoms with Gasteiger partial charge < -0.3 is 19.1 Å². The number of aryl methyl sites for hydroxylation is 1. The summed E-state index contributed by atoms with van der Waals surface area (Å²) in [6.07, 6.45) is -3.72. The predicted octanol–water partition coefficient (Wildman–Crippen LogP) is 4.31. The topological polar surface area (TPSA) is 73.6 Å². The van der Waals surface area contributed by atoms with Gasteiger partial charge in [-0.15, -0.1) is 0 Å². The van der Waals surface area contributed by atoms with Crippen molar-refractivity contribution in [1.29, 1.82) is 0 Å². The Morgan fingerprint density at radius 1 is 1.09 bits per heavy atom. The van der Waals surface area contributed by atoms with Gasteiger partial charge in [-0.25, -0.2) is 0 Å². The maximum atomic E-state index is 13.3. The zero-order valence-corrected chi connectivity index (χ0v) is 19.4. The van der Waals surface area contributed by atoms with Crippen LogP contribution in [0.25, 0.3) is 0 Å². The monoisotopic (exact) mass is 464 g/mol. The molecule has 1 N–H and O–H groups in total. The average molecular weight is 464 g/mol. The van der Waals surface area contributed by atoms with Gasteiger partial charge >= 0.3 is 13.3 Å². The minimum atomic E-state index is -4.40. The van der Waals surface area contributed by atoms with E-state index in [9.17, 15) is 18.0 Å². The van der Waals surface area contributed by atoms with E-state index in [1.165, 1.54) is 6.07 Å². The van der Waals surface area contributed by atoms with Crippen LogP contribution in [-0.4, -0.2) is 35.6 Å². The second-order valence-corrected chi connectivity index (χ2v) is 9.85. The highest BCUT2D eigenvalue weighted by atomic mass is 19.4. The number of rotatable bonds is 6. The summed E-state index contributed by atoms with van der Waals surface area (Å²) in [7, 11) is -0.500. The summed E-state index contributed by atoms with van der Waals surface area (Å²) in [5.41, 5.74) is -0.228. The van der Waals surface area contributed by atoms with Gasteiger partial charge in [-0.1, -0.05) is 30.3 Å². The second-order valence-electron chi connectivity index (χ2n) is 9.85. The first-order chi connectivity index (χ1) is 15.3. The molecule has 0 atom stereocenters. The van der Waals surface area contributed by atoms with E-state index in [4.69, 9.17) is 13.8 Å². The number of nitrogens with zero attached hydrogens (tertiary/aromatic N) is 1. The molecule has 0 unspecified atom stereocenters. The van der Waals surface area contributed by atoms with Gasteiger partial charge in [0.15, 0.2) is 11.6 Å². The zero-order valence-electron chi connectivity index (χ0n) is 19.4. The van der Waals surface area contributed by atoms with Crippen LogP contribution in [0.15, 0.2) is 28.8 Å². The SMILES string of the molecule is CCc1cc(B2OC(C)(C)C(C)(C)O2)ccc1CC(=O)Nc1cc(C2(C(F)(F)F)CC2)on1. The van der Waals surface area contributed by atoms with Crippen LogP contribution in [0.4, 0.5) is 19.0 Å². The van der Waals surface area contributed by atoms with E-state index in [1.54, 1.807) is 0 Å². The van der Waals surface area contributed by atoms with Gasteiger partial charge in [0.2, 0.25) is 5.91 Å². The summed E-state index contributed by atoms with van der Waals surface area (Å²) in [5.74, 6) is -0.659. The first-order valence-electron chi connectivity index (χ1n) is 11.1. The van der Waals surface area contributed by atoms with Crippen LogP contribution in [0.3, 0.4) is 0 Å². The zero-order chi connectivity index (χ0) is 24.2. The van der Waals surface area contributed by atoms with Crippen molar-refractivity contribution < 1.29 is 31.8 Å². The number of alkyl halides is 3. The lowest BCUT2D eigenvalue weighted by molar-refractivity contribution is -0.165. The van der Waals surface area contributed by atoms with Gasteiger partial charge in [0.25, 0.3) is 0 Å². The fourth-order valence-electron chi connectivity index (χ4n) is 3.99. The number of carbonyl (C=O) groups excluding carboxylic acids is 1. The molecule has 4 rings (SSSR count). The van der Waals surface area contributed by atoms with Crippen molar-refractivity contribution in [2.24, 2.45) is 0 Å². The lowest BCUT2D eigenvalue weighted by Gasteiger charge is -2.32. The lowest BCUT2D eigenvalue weighted by Crippen LogP contribution is -2.41. The van der Waals surface area contributed by atoms with Crippen molar-refractivity contribution in [3.05, 3.63) is 41.2 Å². The van der Waals surface area contributed by atoms with E-state index >= 15 is 0 Å². The van der Waals surface area contributed by atoms with Crippen molar-refractivity contribution in [3.63, 3.8) is 0 Å². The molecule has 178 valence electrons. The molecule has 1 aromatic heterocycles. The molecular formula is C23H28BF3N2O4.